The molecule has 1 amide bonds. The monoisotopic (exact) mass is 240 g/mol. The lowest BCUT2D eigenvalue weighted by molar-refractivity contribution is -0.160. The highest BCUT2D eigenvalue weighted by Gasteiger charge is 2.29. The lowest BCUT2D eigenvalue weighted by Gasteiger charge is -2.12. The van der Waals surface area contributed by atoms with E-state index in [1.165, 1.54) is 0 Å². The quantitative estimate of drug-likeness (QED) is 0.806. The third kappa shape index (κ3) is 5.20. The molecule has 7 heteroatoms. The maximum Gasteiger partial charge on any atom is 0.422 e. The molecule has 1 aliphatic heterocycles. The second-order valence-corrected chi connectivity index (χ2v) is 3.99. The number of carbonyl (C=O) groups excluding carboxylic acids is 1. The van der Waals surface area contributed by atoms with Crippen molar-refractivity contribution >= 4 is 6.09 Å². The van der Waals surface area contributed by atoms with Gasteiger partial charge in [0.15, 0.2) is 6.61 Å². The Hall–Kier alpha value is -0.980. The Labute approximate surface area is 91.7 Å². The van der Waals surface area contributed by atoms with Gasteiger partial charge in [-0.05, 0) is 25.9 Å². The van der Waals surface area contributed by atoms with Gasteiger partial charge in [-0.3, -0.25) is 0 Å². The lowest BCUT2D eigenvalue weighted by Crippen LogP contribution is -2.33. The predicted octanol–water partition coefficient (Wildman–Crippen LogP) is 1.23. The van der Waals surface area contributed by atoms with Crippen molar-refractivity contribution < 1.29 is 22.7 Å². The number of ether oxygens (including phenoxy) is 1. The molecule has 16 heavy (non-hydrogen) atoms. The summed E-state index contributed by atoms with van der Waals surface area (Å²) in [7, 11) is 1.96. The van der Waals surface area contributed by atoms with E-state index in [2.05, 4.69) is 15.0 Å². The Balaban J connectivity index is 2.11. The van der Waals surface area contributed by atoms with Crippen LogP contribution in [0.25, 0.3) is 0 Å². The number of rotatable bonds is 3. The maximum atomic E-state index is 11.7. The summed E-state index contributed by atoms with van der Waals surface area (Å²) in [4.78, 5) is 13.0. The molecule has 1 N–H and O–H groups in total. The van der Waals surface area contributed by atoms with Crippen LogP contribution in [-0.2, 0) is 4.74 Å². The zero-order valence-electron chi connectivity index (χ0n) is 9.01. The van der Waals surface area contributed by atoms with Crippen LogP contribution in [0.5, 0.6) is 0 Å². The number of hydrogen-bond acceptors (Lipinski definition) is 3. The molecule has 0 aliphatic carbocycles. The van der Waals surface area contributed by atoms with Gasteiger partial charge in [0.25, 0.3) is 0 Å². The minimum Gasteiger partial charge on any atom is -0.440 e. The zero-order chi connectivity index (χ0) is 12.2. The zero-order valence-corrected chi connectivity index (χ0v) is 9.01. The van der Waals surface area contributed by atoms with Crippen molar-refractivity contribution in [1.29, 1.82) is 0 Å². The van der Waals surface area contributed by atoms with Crippen LogP contribution in [0.2, 0.25) is 0 Å². The molecule has 1 rings (SSSR count). The van der Waals surface area contributed by atoms with Gasteiger partial charge < -0.3 is 15.0 Å². The van der Waals surface area contributed by atoms with Crippen LogP contribution in [0.1, 0.15) is 6.42 Å². The number of hydrogen-bond donors (Lipinski definition) is 1. The van der Waals surface area contributed by atoms with E-state index in [0.29, 0.717) is 12.5 Å². The van der Waals surface area contributed by atoms with Gasteiger partial charge in [-0.25, -0.2) is 4.79 Å². The van der Waals surface area contributed by atoms with Crippen LogP contribution < -0.4 is 5.32 Å². The van der Waals surface area contributed by atoms with E-state index in [4.69, 9.17) is 0 Å². The number of nitrogens with one attached hydrogen (secondary N) is 1. The summed E-state index contributed by atoms with van der Waals surface area (Å²) in [5, 5.41) is 2.33. The number of alkyl halides is 3. The first-order chi connectivity index (χ1) is 7.37. The van der Waals surface area contributed by atoms with Gasteiger partial charge in [0.05, 0.1) is 0 Å². The van der Waals surface area contributed by atoms with Crippen molar-refractivity contribution in [2.24, 2.45) is 5.92 Å². The molecule has 4 nitrogen and oxygen atoms in total. The molecular weight excluding hydrogens is 225 g/mol. The molecule has 0 aromatic heterocycles. The van der Waals surface area contributed by atoms with Crippen LogP contribution in [0.15, 0.2) is 0 Å². The summed E-state index contributed by atoms with van der Waals surface area (Å²) >= 11 is 0. The van der Waals surface area contributed by atoms with Gasteiger partial charge in [0, 0.05) is 13.1 Å². The maximum absolute atomic E-state index is 11.7. The number of halogens is 3. The summed E-state index contributed by atoms with van der Waals surface area (Å²) in [6.45, 7) is 0.619. The van der Waals surface area contributed by atoms with Crippen LogP contribution >= 0.6 is 0 Å². The molecule has 1 saturated heterocycles. The van der Waals surface area contributed by atoms with E-state index in [-0.39, 0.29) is 0 Å². The van der Waals surface area contributed by atoms with E-state index in [1.54, 1.807) is 0 Å². The number of carbonyl (C=O) groups is 1. The van der Waals surface area contributed by atoms with Crippen LogP contribution in [0, 0.1) is 5.92 Å². The molecule has 0 aromatic carbocycles. The van der Waals surface area contributed by atoms with Crippen molar-refractivity contribution in [2.45, 2.75) is 12.6 Å². The van der Waals surface area contributed by atoms with Crippen LogP contribution in [-0.4, -0.2) is 50.5 Å². The van der Waals surface area contributed by atoms with E-state index in [1.807, 2.05) is 7.05 Å². The minimum absolute atomic E-state index is 0.295. The lowest BCUT2D eigenvalue weighted by atomic mass is 10.1. The fourth-order valence-corrected chi connectivity index (χ4v) is 1.62. The molecular formula is C9H15F3N2O2. The average Bonchev–Trinajstić information content (AvgIpc) is 2.57. The minimum atomic E-state index is -4.47. The Morgan fingerprint density at radius 1 is 1.56 bits per heavy atom. The van der Waals surface area contributed by atoms with Crippen LogP contribution in [0.4, 0.5) is 18.0 Å². The Morgan fingerprint density at radius 3 is 2.75 bits per heavy atom. The molecule has 94 valence electrons. The smallest absolute Gasteiger partial charge is 0.422 e. The summed E-state index contributed by atoms with van der Waals surface area (Å²) in [6.07, 6.45) is -4.53. The third-order valence-electron chi connectivity index (χ3n) is 2.39. The normalized spacial score (nSPS) is 22.1. The van der Waals surface area contributed by atoms with Crippen molar-refractivity contribution in [3.05, 3.63) is 0 Å². The standard InChI is InChI=1S/C9H15F3N2O2/c1-14-3-2-7(5-14)4-13-8(15)16-6-9(10,11)12/h7H,2-6H2,1H3,(H,13,15). The molecule has 0 bridgehead atoms. The molecule has 0 radical (unpaired) electrons. The highest BCUT2D eigenvalue weighted by atomic mass is 19.4. The van der Waals surface area contributed by atoms with Crippen molar-refractivity contribution in [2.75, 3.05) is 33.3 Å². The van der Waals surface area contributed by atoms with Crippen molar-refractivity contribution in [1.82, 2.24) is 10.2 Å². The fourth-order valence-electron chi connectivity index (χ4n) is 1.62. The van der Waals surface area contributed by atoms with Gasteiger partial charge in [-0.2, -0.15) is 13.2 Å². The van der Waals surface area contributed by atoms with Gasteiger partial charge in [-0.1, -0.05) is 0 Å². The average molecular weight is 240 g/mol. The summed E-state index contributed by atoms with van der Waals surface area (Å²) in [5.41, 5.74) is 0. The van der Waals surface area contributed by atoms with Crippen molar-refractivity contribution in [3.63, 3.8) is 0 Å². The number of likely N-dealkylation sites (tertiary alicyclic amines) is 1. The van der Waals surface area contributed by atoms with E-state index < -0.39 is 18.9 Å². The topological polar surface area (TPSA) is 41.6 Å². The summed E-state index contributed by atoms with van der Waals surface area (Å²) in [5.74, 6) is 0.295. The van der Waals surface area contributed by atoms with E-state index in [0.717, 1.165) is 19.5 Å². The highest BCUT2D eigenvalue weighted by molar-refractivity contribution is 5.67. The SMILES string of the molecule is CN1CCC(CNC(=O)OCC(F)(F)F)C1. The van der Waals surface area contributed by atoms with Gasteiger partial charge in [-0.15, -0.1) is 0 Å². The first-order valence-corrected chi connectivity index (χ1v) is 5.03. The molecule has 1 unspecified atom stereocenters. The molecule has 0 spiro atoms. The molecule has 0 saturated carbocycles. The predicted molar refractivity (Wildman–Crippen MR) is 51.0 cm³/mol. The first-order valence-electron chi connectivity index (χ1n) is 5.03. The second kappa shape index (κ2) is 5.38. The van der Waals surface area contributed by atoms with Gasteiger partial charge in [0.2, 0.25) is 0 Å². The van der Waals surface area contributed by atoms with Gasteiger partial charge >= 0.3 is 12.3 Å². The molecule has 1 atom stereocenters. The largest absolute Gasteiger partial charge is 0.440 e. The van der Waals surface area contributed by atoms with Crippen LogP contribution in [0.3, 0.4) is 0 Å². The number of nitrogens with zero attached hydrogens (tertiary/aromatic N) is 1. The number of alkyl carbamates (subject to hydrolysis) is 1. The number of amides is 1. The van der Waals surface area contributed by atoms with Crippen molar-refractivity contribution in [3.8, 4) is 0 Å². The third-order valence-corrected chi connectivity index (χ3v) is 2.39. The molecule has 1 fully saturated rings. The molecule has 1 heterocycles. The highest BCUT2D eigenvalue weighted by Crippen LogP contribution is 2.15. The Bertz CT molecular complexity index is 245. The molecule has 0 aromatic rings. The van der Waals surface area contributed by atoms with E-state index in [9.17, 15) is 18.0 Å². The first kappa shape index (κ1) is 13.1. The second-order valence-electron chi connectivity index (χ2n) is 3.99. The fraction of sp³-hybridized carbons (Fsp3) is 0.889. The summed E-state index contributed by atoms with van der Waals surface area (Å²) < 4.78 is 39.1. The Morgan fingerprint density at radius 2 is 2.25 bits per heavy atom. The Kier molecular flexibility index (Phi) is 4.40. The molecule has 1 aliphatic rings. The summed E-state index contributed by atoms with van der Waals surface area (Å²) in [6, 6.07) is 0. The van der Waals surface area contributed by atoms with Gasteiger partial charge in [0.1, 0.15) is 0 Å². The van der Waals surface area contributed by atoms with E-state index >= 15 is 0 Å².